The van der Waals surface area contributed by atoms with E-state index in [0.717, 1.165) is 35.9 Å². The van der Waals surface area contributed by atoms with E-state index < -0.39 is 22.8 Å². The maximum Gasteiger partial charge on any atom is 0.418 e. The Balaban J connectivity index is 1.39. The van der Waals surface area contributed by atoms with Crippen molar-refractivity contribution in [3.63, 3.8) is 0 Å². The second-order valence-corrected chi connectivity index (χ2v) is 11.1. The Labute approximate surface area is 225 Å². The van der Waals surface area contributed by atoms with Gasteiger partial charge >= 0.3 is 11.9 Å². The summed E-state index contributed by atoms with van der Waals surface area (Å²) in [4.78, 5) is 15.7. The Morgan fingerprint density at radius 2 is 2.05 bits per heavy atom. The van der Waals surface area contributed by atoms with Gasteiger partial charge in [0.05, 0.1) is 30.0 Å². The van der Waals surface area contributed by atoms with E-state index >= 15 is 0 Å². The van der Waals surface area contributed by atoms with Crippen LogP contribution in [0.1, 0.15) is 43.7 Å². The number of benzene rings is 1. The highest BCUT2D eigenvalue weighted by Crippen LogP contribution is 2.37. The van der Waals surface area contributed by atoms with E-state index in [-0.39, 0.29) is 11.8 Å². The number of nitrogens with zero attached hydrogens (tertiary/aromatic N) is 6. The SMILES string of the molecule is [2H]c1nnc(CC2(c3cccc(-n4cc5c(C(F)(F)F)cc(CN6CCC[C@H](C)C6)cn5c4=O)c3)COC2)n1C. The second-order valence-electron chi connectivity index (χ2n) is 11.1. The van der Waals surface area contributed by atoms with E-state index in [2.05, 4.69) is 22.0 Å². The van der Waals surface area contributed by atoms with Crippen LogP contribution in [0.5, 0.6) is 0 Å². The van der Waals surface area contributed by atoms with Gasteiger partial charge < -0.3 is 9.30 Å². The fourth-order valence-corrected chi connectivity index (χ4v) is 5.87. The molecule has 2 fully saturated rings. The molecule has 206 valence electrons. The van der Waals surface area contributed by atoms with Crippen LogP contribution < -0.4 is 5.69 Å². The topological polar surface area (TPSA) is 69.6 Å². The maximum absolute atomic E-state index is 14.2. The molecular weight excluding hydrogens is 509 g/mol. The zero-order chi connectivity index (χ0) is 28.2. The third-order valence-corrected chi connectivity index (χ3v) is 8.01. The number of fused-ring (bicyclic) bond motifs is 1. The Bertz CT molecular complexity index is 1620. The van der Waals surface area contributed by atoms with Gasteiger partial charge in [-0.1, -0.05) is 19.1 Å². The fourth-order valence-electron chi connectivity index (χ4n) is 5.87. The lowest BCUT2D eigenvalue weighted by Crippen LogP contribution is -2.49. The van der Waals surface area contributed by atoms with Gasteiger partial charge in [-0.05, 0) is 54.6 Å². The van der Waals surface area contributed by atoms with Gasteiger partial charge in [-0.25, -0.2) is 4.79 Å². The first-order valence-corrected chi connectivity index (χ1v) is 13.1. The molecule has 3 aromatic heterocycles. The molecule has 4 aromatic rings. The highest BCUT2D eigenvalue weighted by Gasteiger charge is 2.42. The molecular formula is C28H31F3N6O2. The summed E-state index contributed by atoms with van der Waals surface area (Å²) in [5.74, 6) is 1.12. The van der Waals surface area contributed by atoms with Gasteiger partial charge in [0.2, 0.25) is 0 Å². The van der Waals surface area contributed by atoms with Crippen LogP contribution in [-0.4, -0.2) is 54.9 Å². The molecule has 0 spiro atoms. The van der Waals surface area contributed by atoms with Crippen molar-refractivity contribution < 1.29 is 19.3 Å². The molecule has 6 rings (SSSR count). The molecule has 2 saturated heterocycles. The zero-order valence-electron chi connectivity index (χ0n) is 22.9. The first-order valence-electron chi connectivity index (χ1n) is 13.6. The molecule has 11 heteroatoms. The minimum atomic E-state index is -4.61. The largest absolute Gasteiger partial charge is 0.418 e. The van der Waals surface area contributed by atoms with Crippen LogP contribution >= 0.6 is 0 Å². The highest BCUT2D eigenvalue weighted by molar-refractivity contribution is 5.58. The molecule has 8 nitrogen and oxygen atoms in total. The molecule has 0 N–H and O–H groups in total. The standard InChI is InChI=1S/C28H31F3N6O2/c1-19-5-4-8-35(12-19)13-20-9-23(28(29,30)31)24-15-36(26(38)37(24)14-20)22-7-3-6-21(10-22)27(16-39-17-27)11-25-33-32-18-34(25)2/h3,6-7,9-10,14-15,18-19H,4-5,8,11-13,16-17H2,1-2H3/t19-/m0/s1/i18D. The van der Waals surface area contributed by atoms with E-state index in [0.29, 0.717) is 49.2 Å². The third-order valence-electron chi connectivity index (χ3n) is 8.01. The van der Waals surface area contributed by atoms with Gasteiger partial charge in [-0.3, -0.25) is 13.9 Å². The Hall–Kier alpha value is -3.44. The molecule has 0 bridgehead atoms. The number of hydrogen-bond acceptors (Lipinski definition) is 5. The maximum atomic E-state index is 14.2. The van der Waals surface area contributed by atoms with E-state index in [1.165, 1.54) is 16.8 Å². The average Bonchev–Trinajstić information content (AvgIpc) is 3.39. The average molecular weight is 542 g/mol. The minimum absolute atomic E-state index is 0.0563. The number of aromatic nitrogens is 5. The summed E-state index contributed by atoms with van der Waals surface area (Å²) in [6.45, 7) is 5.00. The summed E-state index contributed by atoms with van der Waals surface area (Å²) < 4.78 is 60.1. The van der Waals surface area contributed by atoms with E-state index in [9.17, 15) is 18.0 Å². The highest BCUT2D eigenvalue weighted by atomic mass is 19.4. The molecule has 2 aliphatic rings. The first-order chi connectivity index (χ1) is 19.0. The molecule has 39 heavy (non-hydrogen) atoms. The van der Waals surface area contributed by atoms with Crippen molar-refractivity contribution in [2.75, 3.05) is 26.3 Å². The Morgan fingerprint density at radius 3 is 2.72 bits per heavy atom. The number of halogens is 3. The number of pyridine rings is 1. The van der Waals surface area contributed by atoms with Crippen LogP contribution in [0.15, 0.2) is 53.8 Å². The molecule has 1 aromatic carbocycles. The molecule has 2 aliphatic heterocycles. The number of ether oxygens (including phenoxy) is 1. The van der Waals surface area contributed by atoms with E-state index in [4.69, 9.17) is 6.11 Å². The van der Waals surface area contributed by atoms with Crippen molar-refractivity contribution in [3.05, 3.63) is 82.0 Å². The second kappa shape index (κ2) is 9.63. The first kappa shape index (κ1) is 24.6. The van der Waals surface area contributed by atoms with E-state index in [1.54, 1.807) is 29.9 Å². The lowest BCUT2D eigenvalue weighted by Gasteiger charge is -2.41. The van der Waals surface area contributed by atoms with Gasteiger partial charge in [0.25, 0.3) is 0 Å². The van der Waals surface area contributed by atoms with Crippen LogP contribution in [0.3, 0.4) is 0 Å². The van der Waals surface area contributed by atoms with Gasteiger partial charge in [-0.2, -0.15) is 13.2 Å². The van der Waals surface area contributed by atoms with Crippen molar-refractivity contribution in [1.82, 2.24) is 28.6 Å². The third kappa shape index (κ3) is 4.78. The quantitative estimate of drug-likeness (QED) is 0.370. The number of hydrogen-bond donors (Lipinski definition) is 0. The summed E-state index contributed by atoms with van der Waals surface area (Å²) in [6, 6.07) is 8.43. The van der Waals surface area contributed by atoms with Gasteiger partial charge in [0, 0.05) is 44.4 Å². The molecule has 0 unspecified atom stereocenters. The van der Waals surface area contributed by atoms with Crippen molar-refractivity contribution in [2.45, 2.75) is 44.3 Å². The molecule has 0 aliphatic carbocycles. The molecule has 0 amide bonds. The van der Waals surface area contributed by atoms with Crippen molar-refractivity contribution in [3.8, 4) is 5.69 Å². The summed E-state index contributed by atoms with van der Waals surface area (Å²) in [5.41, 5.74) is -0.188. The van der Waals surface area contributed by atoms with Crippen LogP contribution in [0.2, 0.25) is 0 Å². The lowest BCUT2D eigenvalue weighted by molar-refractivity contribution is -0.136. The summed E-state index contributed by atoms with van der Waals surface area (Å²) in [5, 5.41) is 7.94. The number of imidazole rings is 1. The van der Waals surface area contributed by atoms with Crippen molar-refractivity contribution >= 4 is 5.52 Å². The molecule has 0 saturated carbocycles. The lowest BCUT2D eigenvalue weighted by atomic mass is 9.75. The summed E-state index contributed by atoms with van der Waals surface area (Å²) in [6.07, 6.45) is 0.855. The van der Waals surface area contributed by atoms with Gasteiger partial charge in [-0.15, -0.1) is 10.2 Å². The number of likely N-dealkylation sites (tertiary alicyclic amines) is 1. The summed E-state index contributed by atoms with van der Waals surface area (Å²) >= 11 is 0. The Kier molecular flexibility index (Phi) is 6.07. The Morgan fingerprint density at radius 1 is 1.23 bits per heavy atom. The smallest absolute Gasteiger partial charge is 0.379 e. The zero-order valence-corrected chi connectivity index (χ0v) is 21.9. The number of alkyl halides is 3. The van der Waals surface area contributed by atoms with Crippen molar-refractivity contribution in [1.29, 1.82) is 0 Å². The van der Waals surface area contributed by atoms with Crippen molar-refractivity contribution in [2.24, 2.45) is 13.0 Å². The van der Waals surface area contributed by atoms with Crippen LogP contribution in [0, 0.1) is 5.92 Å². The fraction of sp³-hybridized carbons (Fsp3) is 0.464. The molecule has 0 radical (unpaired) electrons. The molecule has 5 heterocycles. The monoisotopic (exact) mass is 541 g/mol. The predicted molar refractivity (Wildman–Crippen MR) is 139 cm³/mol. The minimum Gasteiger partial charge on any atom is -0.379 e. The van der Waals surface area contributed by atoms with Gasteiger partial charge in [0.1, 0.15) is 13.5 Å². The predicted octanol–water partition coefficient (Wildman–Crippen LogP) is 3.98. The van der Waals surface area contributed by atoms with Crippen LogP contribution in [-0.2, 0) is 36.3 Å². The summed E-state index contributed by atoms with van der Waals surface area (Å²) in [7, 11) is 1.73. The molecule has 1 atom stereocenters. The van der Waals surface area contributed by atoms with Crippen LogP contribution in [0.4, 0.5) is 13.2 Å². The normalized spacial score (nSPS) is 20.2. The number of rotatable bonds is 6. The van der Waals surface area contributed by atoms with E-state index in [1.807, 2.05) is 12.1 Å². The number of piperidine rings is 1. The van der Waals surface area contributed by atoms with Gasteiger partial charge in [0.15, 0.2) is 0 Å². The van der Waals surface area contributed by atoms with Crippen LogP contribution in [0.25, 0.3) is 11.2 Å².